The Morgan fingerprint density at radius 3 is 2.75 bits per heavy atom. The van der Waals surface area contributed by atoms with Crippen LogP contribution in [0.1, 0.15) is 42.5 Å². The summed E-state index contributed by atoms with van der Waals surface area (Å²) >= 11 is 0. The molecule has 0 spiro atoms. The van der Waals surface area contributed by atoms with Crippen LogP contribution in [0.5, 0.6) is 5.75 Å². The molecule has 2 atom stereocenters. The molecule has 1 aromatic carbocycles. The Hall–Kier alpha value is -3.76. The molecule has 0 saturated heterocycles. The number of cyclic esters (lactones) is 1. The molecule has 0 aliphatic carbocycles. The lowest BCUT2D eigenvalue weighted by atomic mass is 9.85. The zero-order chi connectivity index (χ0) is 25.9. The van der Waals surface area contributed by atoms with Crippen molar-refractivity contribution in [1.82, 2.24) is 14.5 Å². The minimum atomic E-state index is -1.77. The van der Waals surface area contributed by atoms with E-state index >= 15 is 0 Å². The third-order valence-corrected chi connectivity index (χ3v) is 6.87. The number of rotatable bonds is 5. The fourth-order valence-electron chi connectivity index (χ4n) is 5.00. The number of nitrogens with two attached hydrogens (primary N) is 1. The standard InChI is InChI=1S/C26H28N4O6/c1-5-26(36-24(33)13(2)27)18-9-20-22-14(10-30(20)23(32)17(18)12-35-25(26)34)8-15-16(11-29(3)4)21(31)7-6-19(15)28-22/h6-9,13,31H,5,10-12,27H2,1-4H3. The second-order valence-corrected chi connectivity index (χ2v) is 9.64. The fourth-order valence-corrected chi connectivity index (χ4v) is 5.00. The zero-order valence-corrected chi connectivity index (χ0v) is 20.6. The molecule has 0 amide bonds. The first-order valence-corrected chi connectivity index (χ1v) is 11.8. The maximum Gasteiger partial charge on any atom is 0.355 e. The van der Waals surface area contributed by atoms with Gasteiger partial charge in [0.05, 0.1) is 29.0 Å². The van der Waals surface area contributed by atoms with E-state index in [9.17, 15) is 19.5 Å². The van der Waals surface area contributed by atoms with Gasteiger partial charge in [0, 0.05) is 28.6 Å². The number of hydrogen-bond donors (Lipinski definition) is 2. The van der Waals surface area contributed by atoms with Crippen molar-refractivity contribution in [2.24, 2.45) is 5.73 Å². The van der Waals surface area contributed by atoms with Crippen molar-refractivity contribution < 1.29 is 24.2 Å². The molecule has 5 rings (SSSR count). The largest absolute Gasteiger partial charge is 0.508 e. The monoisotopic (exact) mass is 492 g/mol. The predicted octanol–water partition coefficient (Wildman–Crippen LogP) is 1.74. The summed E-state index contributed by atoms with van der Waals surface area (Å²) in [5, 5.41) is 11.3. The van der Waals surface area contributed by atoms with E-state index in [-0.39, 0.29) is 36.4 Å². The third-order valence-electron chi connectivity index (χ3n) is 6.87. The maximum atomic E-state index is 13.6. The number of hydrogen-bond acceptors (Lipinski definition) is 9. The Morgan fingerprint density at radius 1 is 1.33 bits per heavy atom. The Balaban J connectivity index is 1.72. The number of fused-ring (bicyclic) bond motifs is 5. The van der Waals surface area contributed by atoms with Crippen molar-refractivity contribution in [3.63, 3.8) is 0 Å². The molecule has 0 fully saturated rings. The number of pyridine rings is 2. The highest BCUT2D eigenvalue weighted by Crippen LogP contribution is 2.41. The van der Waals surface area contributed by atoms with Crippen LogP contribution in [0.15, 0.2) is 29.1 Å². The van der Waals surface area contributed by atoms with Gasteiger partial charge < -0.3 is 29.8 Å². The Labute approximate surface area is 207 Å². The molecule has 0 radical (unpaired) electrons. The van der Waals surface area contributed by atoms with Gasteiger partial charge in [0.1, 0.15) is 18.4 Å². The van der Waals surface area contributed by atoms with Crippen molar-refractivity contribution in [2.75, 3.05) is 14.1 Å². The van der Waals surface area contributed by atoms with Crippen LogP contribution in [-0.2, 0) is 44.4 Å². The molecule has 10 heteroatoms. The quantitative estimate of drug-likeness (QED) is 0.399. The number of phenolic OH excluding ortho intramolecular Hbond substituents is 1. The van der Waals surface area contributed by atoms with Crippen molar-refractivity contribution in [3.8, 4) is 17.1 Å². The van der Waals surface area contributed by atoms with E-state index in [1.807, 2.05) is 25.1 Å². The predicted molar refractivity (Wildman–Crippen MR) is 131 cm³/mol. The number of aromatic hydroxyl groups is 1. The molecule has 10 nitrogen and oxygen atoms in total. The average molecular weight is 493 g/mol. The number of ether oxygens (including phenoxy) is 2. The van der Waals surface area contributed by atoms with E-state index in [0.717, 1.165) is 16.5 Å². The second kappa shape index (κ2) is 8.42. The van der Waals surface area contributed by atoms with E-state index in [1.165, 1.54) is 6.92 Å². The van der Waals surface area contributed by atoms with Crippen LogP contribution in [0.3, 0.4) is 0 Å². The number of carbonyl (C=O) groups excluding carboxylic acids is 2. The summed E-state index contributed by atoms with van der Waals surface area (Å²) in [6, 6.07) is 6.05. The van der Waals surface area contributed by atoms with Gasteiger partial charge in [-0.2, -0.15) is 0 Å². The average Bonchev–Trinajstić information content (AvgIpc) is 3.19. The molecule has 4 heterocycles. The van der Waals surface area contributed by atoms with Crippen molar-refractivity contribution in [1.29, 1.82) is 0 Å². The lowest BCUT2D eigenvalue weighted by molar-refractivity contribution is -0.190. The topological polar surface area (TPSA) is 137 Å². The number of phenols is 1. The maximum absolute atomic E-state index is 13.6. The molecule has 36 heavy (non-hydrogen) atoms. The SMILES string of the molecule is CCC1(OC(=O)C(C)N)C(=O)OCc2c1cc1n(c2=O)Cc2cc3c(CN(C)C)c(O)ccc3nc2-1. The highest BCUT2D eigenvalue weighted by Gasteiger charge is 2.50. The molecule has 0 saturated carbocycles. The number of aromatic nitrogens is 2. The van der Waals surface area contributed by atoms with Crippen LogP contribution < -0.4 is 11.3 Å². The molecule has 2 aliphatic heterocycles. The molecule has 2 unspecified atom stereocenters. The number of carbonyl (C=O) groups is 2. The van der Waals surface area contributed by atoms with Crippen molar-refractivity contribution in [2.45, 2.75) is 51.6 Å². The van der Waals surface area contributed by atoms with Gasteiger partial charge in [-0.15, -0.1) is 0 Å². The number of nitrogens with zero attached hydrogens (tertiary/aromatic N) is 3. The lowest BCUT2D eigenvalue weighted by Crippen LogP contribution is -2.49. The molecular weight excluding hydrogens is 464 g/mol. The van der Waals surface area contributed by atoms with Crippen LogP contribution in [0.2, 0.25) is 0 Å². The van der Waals surface area contributed by atoms with Crippen LogP contribution in [0, 0.1) is 0 Å². The Bertz CT molecular complexity index is 1490. The molecule has 188 valence electrons. The fraction of sp³-hybridized carbons (Fsp3) is 0.385. The van der Waals surface area contributed by atoms with E-state index in [0.29, 0.717) is 29.0 Å². The summed E-state index contributed by atoms with van der Waals surface area (Å²) in [5.41, 5.74) is 7.54. The van der Waals surface area contributed by atoms with Gasteiger partial charge in [-0.05, 0) is 51.7 Å². The molecule has 3 N–H and O–H groups in total. The van der Waals surface area contributed by atoms with E-state index in [4.69, 9.17) is 20.2 Å². The first-order valence-electron chi connectivity index (χ1n) is 11.8. The van der Waals surface area contributed by atoms with Gasteiger partial charge in [0.15, 0.2) is 0 Å². The minimum absolute atomic E-state index is 0.0748. The van der Waals surface area contributed by atoms with E-state index in [2.05, 4.69) is 0 Å². The first-order chi connectivity index (χ1) is 17.1. The van der Waals surface area contributed by atoms with Crippen molar-refractivity contribution in [3.05, 3.63) is 56.9 Å². The molecule has 2 aromatic heterocycles. The van der Waals surface area contributed by atoms with Gasteiger partial charge in [-0.3, -0.25) is 9.59 Å². The molecule has 0 bridgehead atoms. The Kier molecular flexibility index (Phi) is 5.60. The van der Waals surface area contributed by atoms with E-state index < -0.39 is 23.6 Å². The summed E-state index contributed by atoms with van der Waals surface area (Å²) in [4.78, 5) is 45.8. The van der Waals surface area contributed by atoms with E-state index in [1.54, 1.807) is 29.7 Å². The normalized spacial score (nSPS) is 19.0. The zero-order valence-electron chi connectivity index (χ0n) is 20.6. The summed E-state index contributed by atoms with van der Waals surface area (Å²) in [7, 11) is 3.83. The lowest BCUT2D eigenvalue weighted by Gasteiger charge is -2.36. The van der Waals surface area contributed by atoms with Gasteiger partial charge in [-0.1, -0.05) is 6.92 Å². The third kappa shape index (κ3) is 3.48. The summed E-state index contributed by atoms with van der Waals surface area (Å²) in [6.45, 7) is 3.75. The first kappa shape index (κ1) is 24.0. The van der Waals surface area contributed by atoms with Crippen LogP contribution in [0.4, 0.5) is 0 Å². The summed E-state index contributed by atoms with van der Waals surface area (Å²) < 4.78 is 12.5. The molecular formula is C26H28N4O6. The van der Waals surface area contributed by atoms with Crippen LogP contribution in [0.25, 0.3) is 22.3 Å². The van der Waals surface area contributed by atoms with Crippen LogP contribution in [-0.4, -0.2) is 51.6 Å². The molecule has 2 aliphatic rings. The number of esters is 2. The van der Waals surface area contributed by atoms with Gasteiger partial charge in [-0.25, -0.2) is 9.78 Å². The summed E-state index contributed by atoms with van der Waals surface area (Å²) in [6.07, 6.45) is 0.0748. The minimum Gasteiger partial charge on any atom is -0.508 e. The highest BCUT2D eigenvalue weighted by molar-refractivity contribution is 5.90. The van der Waals surface area contributed by atoms with Gasteiger partial charge >= 0.3 is 11.9 Å². The van der Waals surface area contributed by atoms with Crippen molar-refractivity contribution >= 4 is 22.8 Å². The van der Waals surface area contributed by atoms with Gasteiger partial charge in [0.2, 0.25) is 5.60 Å². The number of benzene rings is 1. The smallest absolute Gasteiger partial charge is 0.355 e. The summed E-state index contributed by atoms with van der Waals surface area (Å²) in [5.74, 6) is -1.32. The second-order valence-electron chi connectivity index (χ2n) is 9.64. The Morgan fingerprint density at radius 2 is 2.08 bits per heavy atom. The molecule has 3 aromatic rings. The van der Waals surface area contributed by atoms with Crippen LogP contribution >= 0.6 is 0 Å². The van der Waals surface area contributed by atoms with Gasteiger partial charge in [0.25, 0.3) is 5.56 Å². The highest BCUT2D eigenvalue weighted by atomic mass is 16.6.